The van der Waals surface area contributed by atoms with Gasteiger partial charge >= 0.3 is 0 Å². The van der Waals surface area contributed by atoms with Gasteiger partial charge in [0.2, 0.25) is 0 Å². The number of aryl methyl sites for hydroxylation is 1. The molecule has 4 heteroatoms. The number of hydrogen-bond donors (Lipinski definition) is 0. The summed E-state index contributed by atoms with van der Waals surface area (Å²) in [6.45, 7) is 43.2. The summed E-state index contributed by atoms with van der Waals surface area (Å²) in [6, 6.07) is 29.6. The molecule has 3 nitrogen and oxygen atoms in total. The maximum Gasteiger partial charge on any atom is 0.297 e. The second kappa shape index (κ2) is 13.9. The lowest BCUT2D eigenvalue weighted by Gasteiger charge is -2.49. The van der Waals surface area contributed by atoms with E-state index in [2.05, 4.69) is 206 Å². The van der Waals surface area contributed by atoms with Crippen LogP contribution in [0.1, 0.15) is 192 Å². The summed E-state index contributed by atoms with van der Waals surface area (Å²) in [6.07, 6.45) is 9.05. The molecular formula is C63H75BN2O. The van der Waals surface area contributed by atoms with Gasteiger partial charge in [0.05, 0.1) is 17.0 Å². The second-order valence-corrected chi connectivity index (χ2v) is 26.7. The average molecular weight is 887 g/mol. The van der Waals surface area contributed by atoms with Gasteiger partial charge in [-0.3, -0.25) is 0 Å². The maximum atomic E-state index is 7.67. The molecule has 346 valence electrons. The summed E-state index contributed by atoms with van der Waals surface area (Å²) < 4.78 is 7.67. The first-order valence-corrected chi connectivity index (χ1v) is 25.6. The third-order valence-corrected chi connectivity index (χ3v) is 18.2. The van der Waals surface area contributed by atoms with Crippen LogP contribution in [0.2, 0.25) is 0 Å². The minimum Gasteiger partial charge on any atom is -0.468 e. The fraction of sp³-hybridized carbons (Fsp3) is 0.460. The highest BCUT2D eigenvalue weighted by atomic mass is 16.3. The van der Waals surface area contributed by atoms with Crippen molar-refractivity contribution >= 4 is 74.5 Å². The van der Waals surface area contributed by atoms with E-state index in [1.807, 2.05) is 0 Å². The van der Waals surface area contributed by atoms with Crippen molar-refractivity contribution in [3.8, 4) is 0 Å². The van der Waals surface area contributed by atoms with E-state index in [1.54, 1.807) is 0 Å². The van der Waals surface area contributed by atoms with Gasteiger partial charge < -0.3 is 14.2 Å². The highest BCUT2D eigenvalue weighted by Gasteiger charge is 2.51. The van der Waals surface area contributed by atoms with E-state index in [4.69, 9.17) is 4.42 Å². The second-order valence-electron chi connectivity index (χ2n) is 26.7. The Morgan fingerprint density at radius 2 is 1.09 bits per heavy atom. The lowest BCUT2D eigenvalue weighted by atomic mass is 9.35. The van der Waals surface area contributed by atoms with Crippen molar-refractivity contribution in [2.45, 2.75) is 187 Å². The molecule has 2 aliphatic heterocycles. The van der Waals surface area contributed by atoms with Crippen LogP contribution in [-0.4, -0.2) is 6.71 Å². The van der Waals surface area contributed by atoms with Crippen LogP contribution in [0.3, 0.4) is 0 Å². The van der Waals surface area contributed by atoms with Crippen LogP contribution in [0.15, 0.2) is 83.8 Å². The molecule has 0 bridgehead atoms. The standard InChI is InChI=1S/C63H75BN2O/c1-18-38-33-39(57(3,4)5)19-24-48(38)66-50-32-37(2)31-49-53(50)64(56-54(66)41-35-45-46(36-51(41)67-56)62(14,15)28-27-61(45,12)13)47-23-22-43-52(63(16,17)30-29-59(43,8)9)55(47)65(49)40-20-21-42-44(34-40)60(10,11)26-25-58(42,6)7/h18-24,31-36H,1,25-30H2,2-17H3. The zero-order valence-electron chi connectivity index (χ0n) is 43.8. The minimum absolute atomic E-state index is 0.0128. The van der Waals surface area contributed by atoms with Crippen LogP contribution < -0.4 is 26.4 Å². The smallest absolute Gasteiger partial charge is 0.297 e. The van der Waals surface area contributed by atoms with Crippen molar-refractivity contribution in [1.82, 2.24) is 0 Å². The molecule has 0 saturated carbocycles. The Bertz CT molecular complexity index is 3120. The van der Waals surface area contributed by atoms with Crippen LogP contribution in [0.5, 0.6) is 0 Å². The Morgan fingerprint density at radius 3 is 1.70 bits per heavy atom. The Morgan fingerprint density at radius 1 is 0.552 bits per heavy atom. The van der Waals surface area contributed by atoms with E-state index in [1.165, 1.54) is 102 Å². The zero-order valence-corrected chi connectivity index (χ0v) is 43.8. The monoisotopic (exact) mass is 887 g/mol. The van der Waals surface area contributed by atoms with Crippen LogP contribution >= 0.6 is 0 Å². The molecule has 11 rings (SSSR count). The molecule has 5 aliphatic rings. The highest BCUT2D eigenvalue weighted by molar-refractivity contribution is 7.00. The normalized spacial score (nSPS) is 20.9. The summed E-state index contributed by atoms with van der Waals surface area (Å²) in [5.41, 5.74) is 24.9. The number of furan rings is 1. The molecule has 0 fully saturated rings. The van der Waals surface area contributed by atoms with E-state index in [-0.39, 0.29) is 44.6 Å². The van der Waals surface area contributed by atoms with Gasteiger partial charge in [0.1, 0.15) is 5.58 Å². The number of hydrogen-bond acceptors (Lipinski definition) is 3. The molecule has 1 aromatic heterocycles. The maximum absolute atomic E-state index is 7.67. The number of fused-ring (bicyclic) bond motifs is 10. The van der Waals surface area contributed by atoms with Crippen molar-refractivity contribution in [3.05, 3.63) is 129 Å². The van der Waals surface area contributed by atoms with E-state index in [0.717, 1.165) is 48.2 Å². The third kappa shape index (κ3) is 6.35. The van der Waals surface area contributed by atoms with Crippen LogP contribution in [0.4, 0.5) is 34.1 Å². The van der Waals surface area contributed by atoms with Crippen LogP contribution in [-0.2, 0) is 37.9 Å². The predicted molar refractivity (Wildman–Crippen MR) is 290 cm³/mol. The Hall–Kier alpha value is -4.96. The quantitative estimate of drug-likeness (QED) is 0.165. The Balaban J connectivity index is 1.30. The summed E-state index contributed by atoms with van der Waals surface area (Å²) in [5.74, 6) is 0. The van der Waals surface area contributed by atoms with Crippen molar-refractivity contribution in [2.24, 2.45) is 0 Å². The van der Waals surface area contributed by atoms with Crippen LogP contribution in [0, 0.1) is 6.92 Å². The molecule has 67 heavy (non-hydrogen) atoms. The lowest BCUT2D eigenvalue weighted by Crippen LogP contribution is -2.61. The SMILES string of the molecule is C=Cc1cc(C(C)(C)C)ccc1N1c2cc(C)cc3c2B(c2ccc4c(c2N3c2ccc3c(c2)C(C)(C)CCC3(C)C)C(C)(C)CCC4(C)C)c2oc3cc4c(cc3c21)C(C)(C)CCC4(C)C. The number of anilines is 6. The van der Waals surface area contributed by atoms with Gasteiger partial charge in [0.25, 0.3) is 6.71 Å². The molecule has 0 saturated heterocycles. The molecule has 3 aliphatic carbocycles. The van der Waals surface area contributed by atoms with E-state index < -0.39 is 0 Å². The first-order valence-electron chi connectivity index (χ1n) is 25.6. The van der Waals surface area contributed by atoms with E-state index >= 15 is 0 Å². The number of benzene rings is 5. The first-order chi connectivity index (χ1) is 31.2. The molecule has 6 aromatic rings. The summed E-state index contributed by atoms with van der Waals surface area (Å²) in [5, 5.41) is 1.20. The Kier molecular flexibility index (Phi) is 9.21. The van der Waals surface area contributed by atoms with E-state index in [9.17, 15) is 0 Å². The predicted octanol–water partition coefficient (Wildman–Crippen LogP) is 15.8. The summed E-state index contributed by atoms with van der Waals surface area (Å²) in [4.78, 5) is 5.32. The number of rotatable bonds is 3. The number of nitrogens with zero attached hydrogens (tertiary/aromatic N) is 2. The minimum atomic E-state index is -0.117. The highest BCUT2D eigenvalue weighted by Crippen LogP contribution is 2.57. The topological polar surface area (TPSA) is 19.6 Å². The molecule has 0 unspecified atom stereocenters. The van der Waals surface area contributed by atoms with Crippen molar-refractivity contribution in [2.75, 3.05) is 9.80 Å². The van der Waals surface area contributed by atoms with Gasteiger partial charge in [0.15, 0.2) is 0 Å². The molecular weight excluding hydrogens is 812 g/mol. The molecule has 0 amide bonds. The first kappa shape index (κ1) is 44.5. The molecule has 0 radical (unpaired) electrons. The molecule has 5 aromatic carbocycles. The van der Waals surface area contributed by atoms with Gasteiger partial charge in [-0.05, 0) is 193 Å². The van der Waals surface area contributed by atoms with Gasteiger partial charge in [0, 0.05) is 28.1 Å². The van der Waals surface area contributed by atoms with Gasteiger partial charge in [-0.25, -0.2) is 0 Å². The van der Waals surface area contributed by atoms with Gasteiger partial charge in [-0.2, -0.15) is 0 Å². The summed E-state index contributed by atoms with van der Waals surface area (Å²) >= 11 is 0. The van der Waals surface area contributed by atoms with Gasteiger partial charge in [-0.15, -0.1) is 0 Å². The third-order valence-electron chi connectivity index (χ3n) is 18.2. The zero-order chi connectivity index (χ0) is 47.9. The fourth-order valence-corrected chi connectivity index (χ4v) is 13.5. The Labute approximate surface area is 403 Å². The molecule has 3 heterocycles. The van der Waals surface area contributed by atoms with Gasteiger partial charge in [-0.1, -0.05) is 141 Å². The van der Waals surface area contributed by atoms with Crippen molar-refractivity contribution in [3.63, 3.8) is 0 Å². The molecule has 0 atom stereocenters. The van der Waals surface area contributed by atoms with Crippen molar-refractivity contribution in [1.29, 1.82) is 0 Å². The molecule has 0 spiro atoms. The summed E-state index contributed by atoms with van der Waals surface area (Å²) in [7, 11) is 0. The largest absolute Gasteiger partial charge is 0.468 e. The average Bonchev–Trinajstić information content (AvgIpc) is 3.62. The van der Waals surface area contributed by atoms with Crippen molar-refractivity contribution < 1.29 is 4.42 Å². The molecule has 0 N–H and O–H groups in total. The fourth-order valence-electron chi connectivity index (χ4n) is 13.5. The lowest BCUT2D eigenvalue weighted by molar-refractivity contribution is 0.331. The van der Waals surface area contributed by atoms with E-state index in [0.29, 0.717) is 0 Å². The van der Waals surface area contributed by atoms with Crippen LogP contribution in [0.25, 0.3) is 17.0 Å².